The molecule has 4 heterocycles. The van der Waals surface area contributed by atoms with Gasteiger partial charge in [-0.2, -0.15) is 0 Å². The lowest BCUT2D eigenvalue weighted by atomic mass is 10.3. The number of rotatable bonds is 4. The number of aromatic nitrogens is 3. The summed E-state index contributed by atoms with van der Waals surface area (Å²) in [5.74, 6) is 1.57. The third kappa shape index (κ3) is 3.65. The first-order valence-electron chi connectivity index (χ1n) is 8.37. The van der Waals surface area contributed by atoms with Gasteiger partial charge in [0.15, 0.2) is 0 Å². The van der Waals surface area contributed by atoms with Crippen LogP contribution in [0.5, 0.6) is 0 Å². The fraction of sp³-hybridized carbons (Fsp3) is 0.222. The fourth-order valence-corrected chi connectivity index (χ4v) is 3.46. The van der Waals surface area contributed by atoms with E-state index in [1.165, 1.54) is 11.3 Å². The number of hydrogen-bond donors (Lipinski definition) is 1. The van der Waals surface area contributed by atoms with E-state index < -0.39 is 0 Å². The number of nitrogens with one attached hydrogen (secondary N) is 1. The summed E-state index contributed by atoms with van der Waals surface area (Å²) in [6.07, 6.45) is 5.23. The van der Waals surface area contributed by atoms with Gasteiger partial charge in [0.05, 0.1) is 16.8 Å². The molecule has 1 N–H and O–H groups in total. The Morgan fingerprint density at radius 1 is 0.962 bits per heavy atom. The fourth-order valence-electron chi connectivity index (χ4n) is 2.84. The van der Waals surface area contributed by atoms with Crippen molar-refractivity contribution in [3.8, 4) is 0 Å². The molecular weight excluding hydrogens is 348 g/mol. The Morgan fingerprint density at radius 2 is 1.73 bits per heavy atom. The van der Waals surface area contributed by atoms with Crippen LogP contribution in [0.15, 0.2) is 54.3 Å². The highest BCUT2D eigenvalue weighted by Gasteiger charge is 2.19. The highest BCUT2D eigenvalue weighted by molar-refractivity contribution is 7.12. The van der Waals surface area contributed by atoms with Gasteiger partial charge < -0.3 is 15.1 Å². The van der Waals surface area contributed by atoms with Crippen LogP contribution in [0, 0.1) is 0 Å². The molecule has 1 fully saturated rings. The second-order valence-electron chi connectivity index (χ2n) is 5.86. The van der Waals surface area contributed by atoms with Crippen molar-refractivity contribution in [2.75, 3.05) is 41.3 Å². The first-order chi connectivity index (χ1) is 12.8. The van der Waals surface area contributed by atoms with Gasteiger partial charge in [0, 0.05) is 38.6 Å². The molecule has 0 saturated carbocycles. The van der Waals surface area contributed by atoms with Crippen LogP contribution in [0.3, 0.4) is 0 Å². The minimum absolute atomic E-state index is 0.106. The number of piperazine rings is 1. The van der Waals surface area contributed by atoms with Crippen molar-refractivity contribution in [1.82, 2.24) is 15.0 Å². The Hall–Kier alpha value is -3.00. The lowest BCUT2D eigenvalue weighted by Crippen LogP contribution is -2.47. The molecule has 7 nitrogen and oxygen atoms in total. The van der Waals surface area contributed by atoms with E-state index in [0.717, 1.165) is 37.9 Å². The predicted molar refractivity (Wildman–Crippen MR) is 103 cm³/mol. The van der Waals surface area contributed by atoms with Gasteiger partial charge in [-0.3, -0.25) is 4.79 Å². The first-order valence-corrected chi connectivity index (χ1v) is 9.25. The summed E-state index contributed by atoms with van der Waals surface area (Å²) in [6, 6.07) is 9.32. The Balaban J connectivity index is 1.35. The van der Waals surface area contributed by atoms with Crippen molar-refractivity contribution in [2.45, 2.75) is 0 Å². The number of hydrogen-bond acceptors (Lipinski definition) is 7. The Kier molecular flexibility index (Phi) is 4.74. The average Bonchev–Trinajstić information content (AvgIpc) is 3.25. The van der Waals surface area contributed by atoms with E-state index in [2.05, 4.69) is 30.1 Å². The summed E-state index contributed by atoms with van der Waals surface area (Å²) in [5.41, 5.74) is 0.698. The number of carbonyl (C=O) groups is 1. The number of thiophene rings is 1. The number of anilines is 3. The standard InChI is InChI=1S/C18H18N6OS/c25-17(15-3-1-12-26-15)22-14-4-5-16(21-13-14)23-8-10-24(11-9-23)18-19-6-2-7-20-18/h1-7,12-13H,8-11H2,(H,22,25). The summed E-state index contributed by atoms with van der Waals surface area (Å²) >= 11 is 1.42. The van der Waals surface area contributed by atoms with Gasteiger partial charge in [0.2, 0.25) is 5.95 Å². The van der Waals surface area contributed by atoms with Crippen LogP contribution in [0.25, 0.3) is 0 Å². The van der Waals surface area contributed by atoms with E-state index in [1.54, 1.807) is 24.7 Å². The molecule has 1 saturated heterocycles. The van der Waals surface area contributed by atoms with Gasteiger partial charge >= 0.3 is 0 Å². The van der Waals surface area contributed by atoms with Gasteiger partial charge in [-0.1, -0.05) is 6.07 Å². The maximum atomic E-state index is 12.1. The zero-order chi connectivity index (χ0) is 17.8. The summed E-state index contributed by atoms with van der Waals surface area (Å²) < 4.78 is 0. The van der Waals surface area contributed by atoms with Crippen molar-refractivity contribution in [3.05, 3.63) is 59.2 Å². The van der Waals surface area contributed by atoms with Crippen molar-refractivity contribution in [1.29, 1.82) is 0 Å². The Bertz CT molecular complexity index is 845. The summed E-state index contributed by atoms with van der Waals surface area (Å²) in [6.45, 7) is 3.41. The third-order valence-electron chi connectivity index (χ3n) is 4.19. The van der Waals surface area contributed by atoms with E-state index in [4.69, 9.17) is 0 Å². The maximum Gasteiger partial charge on any atom is 0.265 e. The molecule has 0 bridgehead atoms. The van der Waals surface area contributed by atoms with Crippen LogP contribution in [-0.4, -0.2) is 47.0 Å². The zero-order valence-corrected chi connectivity index (χ0v) is 14.9. The van der Waals surface area contributed by atoms with Gasteiger partial charge in [0.1, 0.15) is 5.82 Å². The van der Waals surface area contributed by atoms with E-state index >= 15 is 0 Å². The monoisotopic (exact) mass is 366 g/mol. The average molecular weight is 366 g/mol. The lowest BCUT2D eigenvalue weighted by molar-refractivity contribution is 0.103. The molecule has 0 aromatic carbocycles. The SMILES string of the molecule is O=C(Nc1ccc(N2CCN(c3ncccn3)CC2)nc1)c1cccs1. The van der Waals surface area contributed by atoms with Gasteiger partial charge in [-0.05, 0) is 29.6 Å². The van der Waals surface area contributed by atoms with Gasteiger partial charge in [-0.15, -0.1) is 11.3 Å². The molecule has 1 amide bonds. The van der Waals surface area contributed by atoms with Crippen LogP contribution in [0.4, 0.5) is 17.5 Å². The van der Waals surface area contributed by atoms with E-state index in [1.807, 2.05) is 29.6 Å². The zero-order valence-electron chi connectivity index (χ0n) is 14.1. The molecule has 3 aromatic rings. The molecule has 0 radical (unpaired) electrons. The van der Waals surface area contributed by atoms with E-state index in [9.17, 15) is 4.79 Å². The van der Waals surface area contributed by atoms with Crippen molar-refractivity contribution < 1.29 is 4.79 Å². The molecule has 0 unspecified atom stereocenters. The summed E-state index contributed by atoms with van der Waals surface area (Å²) in [5, 5.41) is 4.75. The maximum absolute atomic E-state index is 12.1. The summed E-state index contributed by atoms with van der Waals surface area (Å²) in [4.78, 5) is 30.3. The number of pyridine rings is 1. The molecule has 0 atom stereocenters. The predicted octanol–water partition coefficient (Wildman–Crippen LogP) is 2.51. The lowest BCUT2D eigenvalue weighted by Gasteiger charge is -2.35. The topological polar surface area (TPSA) is 74.2 Å². The van der Waals surface area contributed by atoms with Crippen molar-refractivity contribution in [3.63, 3.8) is 0 Å². The van der Waals surface area contributed by atoms with E-state index in [0.29, 0.717) is 10.6 Å². The van der Waals surface area contributed by atoms with Crippen LogP contribution in [0.2, 0.25) is 0 Å². The number of amides is 1. The van der Waals surface area contributed by atoms with Crippen LogP contribution < -0.4 is 15.1 Å². The second kappa shape index (κ2) is 7.49. The second-order valence-corrected chi connectivity index (χ2v) is 6.81. The molecule has 0 spiro atoms. The molecule has 1 aliphatic heterocycles. The van der Waals surface area contributed by atoms with Crippen LogP contribution in [0.1, 0.15) is 9.67 Å². The smallest absolute Gasteiger partial charge is 0.265 e. The quantitative estimate of drug-likeness (QED) is 0.765. The third-order valence-corrected chi connectivity index (χ3v) is 5.06. The van der Waals surface area contributed by atoms with Crippen LogP contribution in [-0.2, 0) is 0 Å². The van der Waals surface area contributed by atoms with Crippen molar-refractivity contribution in [2.24, 2.45) is 0 Å². The summed E-state index contributed by atoms with van der Waals surface area (Å²) in [7, 11) is 0. The first kappa shape index (κ1) is 16.5. The van der Waals surface area contributed by atoms with Crippen molar-refractivity contribution >= 4 is 34.7 Å². The minimum atomic E-state index is -0.106. The normalized spacial score (nSPS) is 14.3. The molecule has 3 aromatic heterocycles. The molecule has 8 heteroatoms. The number of nitrogens with zero attached hydrogens (tertiary/aromatic N) is 5. The number of carbonyl (C=O) groups excluding carboxylic acids is 1. The molecule has 26 heavy (non-hydrogen) atoms. The minimum Gasteiger partial charge on any atom is -0.353 e. The molecular formula is C18H18N6OS. The molecule has 132 valence electrons. The molecule has 0 aliphatic carbocycles. The Labute approximate surface area is 155 Å². The van der Waals surface area contributed by atoms with Crippen LogP contribution >= 0.6 is 11.3 Å². The van der Waals surface area contributed by atoms with Gasteiger partial charge in [-0.25, -0.2) is 15.0 Å². The highest BCUT2D eigenvalue weighted by Crippen LogP contribution is 2.19. The Morgan fingerprint density at radius 3 is 2.38 bits per heavy atom. The molecule has 4 rings (SSSR count). The van der Waals surface area contributed by atoms with E-state index in [-0.39, 0.29) is 5.91 Å². The van der Waals surface area contributed by atoms with Gasteiger partial charge in [0.25, 0.3) is 5.91 Å². The highest BCUT2D eigenvalue weighted by atomic mass is 32.1. The molecule has 1 aliphatic rings. The largest absolute Gasteiger partial charge is 0.353 e.